The van der Waals surface area contributed by atoms with Crippen molar-refractivity contribution in [1.29, 1.82) is 0 Å². The largest absolute Gasteiger partial charge is 0.444 e. The molecular weight excluding hydrogens is 426 g/mol. The van der Waals surface area contributed by atoms with Crippen LogP contribution < -0.4 is 26.9 Å². The highest BCUT2D eigenvalue weighted by Gasteiger charge is 2.40. The first-order valence-electron chi connectivity index (χ1n) is 11.0. The molecule has 11 heteroatoms. The van der Waals surface area contributed by atoms with Crippen LogP contribution >= 0.6 is 0 Å². The molecule has 0 bridgehead atoms. The van der Waals surface area contributed by atoms with E-state index in [9.17, 15) is 14.4 Å². The van der Waals surface area contributed by atoms with Crippen LogP contribution in [0.2, 0.25) is 0 Å². The third-order valence-electron chi connectivity index (χ3n) is 5.55. The van der Waals surface area contributed by atoms with Crippen molar-refractivity contribution in [3.63, 3.8) is 0 Å². The highest BCUT2D eigenvalue weighted by Crippen LogP contribution is 2.30. The summed E-state index contributed by atoms with van der Waals surface area (Å²) in [5.74, 6) is 0.263. The molecule has 1 aliphatic carbocycles. The molecule has 2 aromatic rings. The maximum absolute atomic E-state index is 13.3. The molecule has 33 heavy (non-hydrogen) atoms. The van der Waals surface area contributed by atoms with Crippen LogP contribution in [-0.2, 0) is 4.74 Å². The quantitative estimate of drug-likeness (QED) is 0.554. The molecule has 1 fully saturated rings. The van der Waals surface area contributed by atoms with E-state index in [1.165, 1.54) is 17.1 Å². The van der Waals surface area contributed by atoms with Crippen LogP contribution in [0, 0.1) is 6.92 Å². The van der Waals surface area contributed by atoms with Crippen LogP contribution in [0.4, 0.5) is 22.1 Å². The number of ether oxygens (including phenoxy) is 1. The number of carbonyl (C=O) groups is 2. The normalized spacial score (nSPS) is 16.9. The van der Waals surface area contributed by atoms with Gasteiger partial charge in [-0.3, -0.25) is 20.3 Å². The standard InChI is InChI=1S/C22H29N7O4/c1-13-10-14(25-15-11-16(24-12-23-15)26-20(32)33-21(2,3)4)19(31)29-17(13)18(30)27-22(28-29)8-6-5-7-9-22/h10-12,28H,5-9H2,1-4H3,(H,27,30)(H2,23,24,25,26,32). The first kappa shape index (κ1) is 22.6. The van der Waals surface area contributed by atoms with Crippen molar-refractivity contribution in [3.05, 3.63) is 40.1 Å². The molecule has 4 N–H and O–H groups in total. The summed E-state index contributed by atoms with van der Waals surface area (Å²) in [6.07, 6.45) is 5.19. The Kier molecular flexibility index (Phi) is 5.73. The van der Waals surface area contributed by atoms with Gasteiger partial charge in [0, 0.05) is 6.07 Å². The van der Waals surface area contributed by atoms with Gasteiger partial charge in [-0.15, -0.1) is 0 Å². The summed E-state index contributed by atoms with van der Waals surface area (Å²) >= 11 is 0. The number of nitrogens with zero attached hydrogens (tertiary/aromatic N) is 3. The molecular formula is C22H29N7O4. The number of aromatic nitrogens is 3. The minimum Gasteiger partial charge on any atom is -0.444 e. The summed E-state index contributed by atoms with van der Waals surface area (Å²) < 4.78 is 6.57. The van der Waals surface area contributed by atoms with Gasteiger partial charge in [0.05, 0.1) is 0 Å². The summed E-state index contributed by atoms with van der Waals surface area (Å²) in [4.78, 5) is 46.3. The summed E-state index contributed by atoms with van der Waals surface area (Å²) in [7, 11) is 0. The van der Waals surface area contributed by atoms with Crippen molar-refractivity contribution in [1.82, 2.24) is 20.0 Å². The van der Waals surface area contributed by atoms with E-state index in [1.54, 1.807) is 33.8 Å². The number of amides is 2. The molecule has 0 saturated heterocycles. The van der Waals surface area contributed by atoms with Gasteiger partial charge in [0.1, 0.15) is 40.6 Å². The van der Waals surface area contributed by atoms with E-state index in [2.05, 4.69) is 31.3 Å². The smallest absolute Gasteiger partial charge is 0.413 e. The van der Waals surface area contributed by atoms with Gasteiger partial charge in [-0.25, -0.2) is 19.4 Å². The highest BCUT2D eigenvalue weighted by molar-refractivity contribution is 5.96. The number of hydrogen-bond donors (Lipinski definition) is 4. The van der Waals surface area contributed by atoms with Gasteiger partial charge in [-0.2, -0.15) is 0 Å². The Morgan fingerprint density at radius 2 is 1.82 bits per heavy atom. The van der Waals surface area contributed by atoms with Crippen molar-refractivity contribution in [2.45, 2.75) is 71.1 Å². The fraction of sp³-hybridized carbons (Fsp3) is 0.500. The Bertz CT molecular complexity index is 1150. The minimum atomic E-state index is -0.650. The summed E-state index contributed by atoms with van der Waals surface area (Å²) in [5, 5.41) is 8.59. The lowest BCUT2D eigenvalue weighted by molar-refractivity contribution is 0.0635. The van der Waals surface area contributed by atoms with Crippen LogP contribution in [0.1, 0.15) is 68.9 Å². The van der Waals surface area contributed by atoms with E-state index >= 15 is 0 Å². The Morgan fingerprint density at radius 3 is 2.52 bits per heavy atom. The molecule has 0 radical (unpaired) electrons. The monoisotopic (exact) mass is 455 g/mol. The number of nitrogens with one attached hydrogen (secondary N) is 4. The maximum Gasteiger partial charge on any atom is 0.413 e. The average Bonchev–Trinajstić information content (AvgIpc) is 2.70. The SMILES string of the molecule is Cc1cc(Nc2cc(NC(=O)OC(C)(C)C)ncn2)c(=O)n2c1C(=O)NC1(CCCCC1)N2. The van der Waals surface area contributed by atoms with Gasteiger partial charge in [0.15, 0.2) is 0 Å². The van der Waals surface area contributed by atoms with E-state index in [-0.39, 0.29) is 23.1 Å². The number of rotatable bonds is 3. The maximum atomic E-state index is 13.3. The Labute approximate surface area is 191 Å². The van der Waals surface area contributed by atoms with Crippen molar-refractivity contribution >= 4 is 29.3 Å². The number of aryl methyl sites for hydroxylation is 1. The first-order valence-corrected chi connectivity index (χ1v) is 11.0. The van der Waals surface area contributed by atoms with Gasteiger partial charge in [-0.05, 0) is 65.0 Å². The highest BCUT2D eigenvalue weighted by atomic mass is 16.6. The average molecular weight is 456 g/mol. The van der Waals surface area contributed by atoms with E-state index < -0.39 is 22.9 Å². The second-order valence-electron chi connectivity index (χ2n) is 9.48. The van der Waals surface area contributed by atoms with Crippen molar-refractivity contribution < 1.29 is 14.3 Å². The zero-order valence-corrected chi connectivity index (χ0v) is 19.2. The van der Waals surface area contributed by atoms with E-state index in [4.69, 9.17) is 4.74 Å². The molecule has 4 rings (SSSR count). The molecule has 2 aliphatic rings. The fourth-order valence-electron chi connectivity index (χ4n) is 4.17. The summed E-state index contributed by atoms with van der Waals surface area (Å²) in [6.45, 7) is 7.05. The molecule has 0 aromatic carbocycles. The number of pyridine rings is 1. The van der Waals surface area contributed by atoms with Crippen molar-refractivity contribution in [3.8, 4) is 0 Å². The van der Waals surface area contributed by atoms with Crippen molar-refractivity contribution in [2.75, 3.05) is 16.1 Å². The molecule has 0 unspecified atom stereocenters. The van der Waals surface area contributed by atoms with Crippen LogP contribution in [0.15, 0.2) is 23.3 Å². The Morgan fingerprint density at radius 1 is 1.12 bits per heavy atom. The number of fused-ring (bicyclic) bond motifs is 1. The van der Waals surface area contributed by atoms with Crippen LogP contribution in [0.3, 0.4) is 0 Å². The summed E-state index contributed by atoms with van der Waals surface area (Å²) in [5.41, 5.74) is 2.77. The van der Waals surface area contributed by atoms with Crippen LogP contribution in [0.5, 0.6) is 0 Å². The van der Waals surface area contributed by atoms with E-state index in [0.29, 0.717) is 11.4 Å². The van der Waals surface area contributed by atoms with Crippen LogP contribution in [0.25, 0.3) is 0 Å². The van der Waals surface area contributed by atoms with E-state index in [0.717, 1.165) is 32.1 Å². The van der Waals surface area contributed by atoms with Gasteiger partial charge >= 0.3 is 6.09 Å². The predicted molar refractivity (Wildman–Crippen MR) is 123 cm³/mol. The molecule has 3 heterocycles. The third kappa shape index (κ3) is 4.91. The van der Waals surface area contributed by atoms with E-state index in [1.807, 2.05) is 0 Å². The van der Waals surface area contributed by atoms with Gasteiger partial charge in [0.25, 0.3) is 11.5 Å². The predicted octanol–water partition coefficient (Wildman–Crippen LogP) is 2.98. The lowest BCUT2D eigenvalue weighted by atomic mass is 9.88. The van der Waals surface area contributed by atoms with Gasteiger partial charge in [-0.1, -0.05) is 6.42 Å². The molecule has 1 aliphatic heterocycles. The molecule has 11 nitrogen and oxygen atoms in total. The lowest BCUT2D eigenvalue weighted by Gasteiger charge is -2.43. The van der Waals surface area contributed by atoms with Gasteiger partial charge < -0.3 is 15.4 Å². The van der Waals surface area contributed by atoms with Crippen LogP contribution in [-0.4, -0.2) is 37.9 Å². The number of hydrogen-bond acceptors (Lipinski definition) is 8. The minimum absolute atomic E-state index is 0.218. The molecule has 0 atom stereocenters. The second-order valence-corrected chi connectivity index (χ2v) is 9.48. The molecule has 176 valence electrons. The Hall–Kier alpha value is -3.63. The topological polar surface area (TPSA) is 139 Å². The molecule has 2 aromatic heterocycles. The molecule has 2 amide bonds. The lowest BCUT2D eigenvalue weighted by Crippen LogP contribution is -2.64. The Balaban J connectivity index is 1.60. The first-order chi connectivity index (χ1) is 15.6. The molecule has 1 saturated carbocycles. The fourth-order valence-corrected chi connectivity index (χ4v) is 4.17. The number of carbonyl (C=O) groups excluding carboxylic acids is 2. The zero-order chi connectivity index (χ0) is 23.8. The second kappa shape index (κ2) is 8.38. The van der Waals surface area contributed by atoms with Gasteiger partial charge in [0.2, 0.25) is 0 Å². The third-order valence-corrected chi connectivity index (χ3v) is 5.55. The zero-order valence-electron chi connectivity index (χ0n) is 19.2. The van der Waals surface area contributed by atoms with Crippen molar-refractivity contribution in [2.24, 2.45) is 0 Å². The molecule has 1 spiro atoms. The number of anilines is 3. The summed E-state index contributed by atoms with van der Waals surface area (Å²) in [6, 6.07) is 3.10.